The molecule has 8 nitrogen and oxygen atoms in total. The molecular weight excluding hydrogens is 271 g/mol. The number of aromatic nitrogens is 3. The van der Waals surface area contributed by atoms with Gasteiger partial charge in [-0.15, -0.1) is 0 Å². The molecule has 1 saturated heterocycles. The maximum absolute atomic E-state index is 12.8. The van der Waals surface area contributed by atoms with E-state index in [1.165, 1.54) is 6.20 Å². The molecule has 2 aromatic heterocycles. The van der Waals surface area contributed by atoms with Gasteiger partial charge < -0.3 is 30.8 Å². The van der Waals surface area contributed by atoms with Gasteiger partial charge in [0.1, 0.15) is 17.7 Å². The Labute approximate surface area is 111 Å². The van der Waals surface area contributed by atoms with Crippen LogP contribution in [0.4, 0.5) is 10.1 Å². The van der Waals surface area contributed by atoms with Gasteiger partial charge in [0.15, 0.2) is 17.6 Å². The van der Waals surface area contributed by atoms with Crippen LogP contribution in [0.2, 0.25) is 0 Å². The molecule has 3 heterocycles. The summed E-state index contributed by atoms with van der Waals surface area (Å²) in [6, 6.07) is -0.128. The fourth-order valence-electron chi connectivity index (χ4n) is 2.07. The van der Waals surface area contributed by atoms with Gasteiger partial charge in [0.25, 0.3) is 0 Å². The summed E-state index contributed by atoms with van der Waals surface area (Å²) in [5.41, 5.74) is 6.86. The lowest BCUT2D eigenvalue weighted by Crippen LogP contribution is -2.25. The third-order valence-electron chi connectivity index (χ3n) is 3.07. The number of pyridine rings is 1. The number of anilines is 1. The van der Waals surface area contributed by atoms with E-state index < -0.39 is 30.1 Å². The molecule has 3 atom stereocenters. The summed E-state index contributed by atoms with van der Waals surface area (Å²) in [6.07, 6.45) is -2.86. The summed E-state index contributed by atoms with van der Waals surface area (Å²) in [4.78, 5) is 10.8. The summed E-state index contributed by atoms with van der Waals surface area (Å²) in [7, 11) is 0. The molecule has 2 aromatic rings. The molecule has 0 radical (unpaired) electrons. The molecule has 20 heavy (non-hydrogen) atoms. The van der Waals surface area contributed by atoms with Crippen molar-refractivity contribution in [2.75, 3.05) is 5.73 Å². The van der Waals surface area contributed by atoms with Crippen LogP contribution in [0.15, 0.2) is 24.0 Å². The van der Waals surface area contributed by atoms with E-state index in [1.807, 2.05) is 0 Å². The van der Waals surface area contributed by atoms with Crippen molar-refractivity contribution in [3.8, 4) is 0 Å². The minimum Gasteiger partial charge on any atom is -0.484 e. The van der Waals surface area contributed by atoms with Gasteiger partial charge in [-0.1, -0.05) is 0 Å². The lowest BCUT2D eigenvalue weighted by atomic mass is 10.1. The van der Waals surface area contributed by atoms with E-state index in [4.69, 9.17) is 15.6 Å². The summed E-state index contributed by atoms with van der Waals surface area (Å²) >= 11 is 0. The fraction of sp³-hybridized carbons (Fsp3) is 0.273. The van der Waals surface area contributed by atoms with E-state index in [0.29, 0.717) is 16.9 Å². The van der Waals surface area contributed by atoms with E-state index in [0.717, 1.165) is 0 Å². The van der Waals surface area contributed by atoms with E-state index in [2.05, 4.69) is 15.0 Å². The summed E-state index contributed by atoms with van der Waals surface area (Å²) in [5.74, 6) is -0.614. The van der Waals surface area contributed by atoms with Crippen LogP contribution in [0.1, 0.15) is 11.9 Å². The van der Waals surface area contributed by atoms with Gasteiger partial charge in [-0.2, -0.15) is 4.39 Å². The van der Waals surface area contributed by atoms with Crippen LogP contribution < -0.4 is 5.73 Å². The number of ether oxygens (including phenoxy) is 1. The Morgan fingerprint density at radius 1 is 1.45 bits per heavy atom. The van der Waals surface area contributed by atoms with Gasteiger partial charge in [0.05, 0.1) is 5.69 Å². The standard InChI is InChI=1S/C11H11FN4O4/c12-9(19)7-5(17)6(18)8(20-7)11-15-4-3(13)1-2-14-10(4)16-11/h1-2,5-6,8,17-19H,(H3,13,14,15,16)/t5-,6+,8+/m0/s1. The summed E-state index contributed by atoms with van der Waals surface area (Å²) < 4.78 is 17.8. The Balaban J connectivity index is 2.04. The van der Waals surface area contributed by atoms with E-state index in [1.54, 1.807) is 6.07 Å². The third-order valence-corrected chi connectivity index (χ3v) is 3.07. The number of hydrogen-bond donors (Lipinski definition) is 5. The molecular formula is C11H11FN4O4. The number of hydrogen-bond acceptors (Lipinski definition) is 7. The van der Waals surface area contributed by atoms with Crippen LogP contribution in [0, 0.1) is 0 Å². The highest BCUT2D eigenvalue weighted by Gasteiger charge is 2.44. The highest BCUT2D eigenvalue weighted by atomic mass is 19.1. The number of nitrogens with one attached hydrogen (secondary N) is 1. The number of aliphatic hydroxyl groups is 3. The van der Waals surface area contributed by atoms with Gasteiger partial charge in [-0.05, 0) is 6.07 Å². The molecule has 0 aliphatic carbocycles. The van der Waals surface area contributed by atoms with Crippen molar-refractivity contribution in [1.82, 2.24) is 15.0 Å². The molecule has 0 amide bonds. The molecule has 6 N–H and O–H groups in total. The number of aliphatic hydroxyl groups excluding tert-OH is 3. The Bertz CT molecular complexity index is 697. The maximum Gasteiger partial charge on any atom is 0.311 e. The number of rotatable bonds is 1. The highest BCUT2D eigenvalue weighted by molar-refractivity contribution is 5.83. The molecule has 3 rings (SSSR count). The molecule has 106 valence electrons. The quantitative estimate of drug-likeness (QED) is 0.465. The number of halogens is 1. The molecule has 1 fully saturated rings. The monoisotopic (exact) mass is 282 g/mol. The zero-order chi connectivity index (χ0) is 14.4. The average molecular weight is 282 g/mol. The Morgan fingerprint density at radius 3 is 2.80 bits per heavy atom. The Morgan fingerprint density at radius 2 is 2.20 bits per heavy atom. The Hall–Kier alpha value is -2.39. The van der Waals surface area contributed by atoms with E-state index >= 15 is 0 Å². The SMILES string of the molecule is Nc1ccnc2nc([C@@H]3OC(=C(O)F)[C@@H](O)[C@H]3O)[nH]c12. The number of nitrogen functional groups attached to an aromatic ring is 1. The number of aromatic amines is 1. The van der Waals surface area contributed by atoms with Crippen molar-refractivity contribution in [3.63, 3.8) is 0 Å². The van der Waals surface area contributed by atoms with Crippen molar-refractivity contribution in [1.29, 1.82) is 0 Å². The second kappa shape index (κ2) is 4.32. The number of H-pyrrole nitrogens is 1. The van der Waals surface area contributed by atoms with Crippen molar-refractivity contribution in [2.24, 2.45) is 0 Å². The average Bonchev–Trinajstić information content (AvgIpc) is 2.94. The topological polar surface area (TPSA) is 138 Å². The number of nitrogens with zero attached hydrogens (tertiary/aromatic N) is 2. The lowest BCUT2D eigenvalue weighted by molar-refractivity contribution is 0.0195. The molecule has 9 heteroatoms. The predicted octanol–water partition coefficient (Wildman–Crippen LogP) is 0.0298. The van der Waals surface area contributed by atoms with Crippen molar-refractivity contribution < 1.29 is 24.4 Å². The van der Waals surface area contributed by atoms with Gasteiger partial charge >= 0.3 is 6.01 Å². The summed E-state index contributed by atoms with van der Waals surface area (Å²) in [6.45, 7) is 0. The molecule has 0 aromatic carbocycles. The minimum absolute atomic E-state index is 0.119. The van der Waals surface area contributed by atoms with Gasteiger partial charge in [0.2, 0.25) is 5.76 Å². The number of fused-ring (bicyclic) bond motifs is 1. The normalized spacial score (nSPS) is 28.6. The maximum atomic E-state index is 12.8. The number of imidazole rings is 1. The van der Waals surface area contributed by atoms with Crippen LogP contribution in [-0.2, 0) is 4.74 Å². The molecule has 0 saturated carbocycles. The van der Waals surface area contributed by atoms with Crippen LogP contribution in [0.3, 0.4) is 0 Å². The first-order chi connectivity index (χ1) is 9.49. The first-order valence-corrected chi connectivity index (χ1v) is 5.70. The van der Waals surface area contributed by atoms with Crippen molar-refractivity contribution in [3.05, 3.63) is 29.9 Å². The predicted molar refractivity (Wildman–Crippen MR) is 64.9 cm³/mol. The van der Waals surface area contributed by atoms with Crippen LogP contribution >= 0.6 is 0 Å². The second-order valence-corrected chi connectivity index (χ2v) is 4.35. The fourth-order valence-corrected chi connectivity index (χ4v) is 2.07. The van der Waals surface area contributed by atoms with Crippen LogP contribution in [0.5, 0.6) is 0 Å². The Kier molecular flexibility index (Phi) is 2.73. The molecule has 1 aliphatic heterocycles. The van der Waals surface area contributed by atoms with Crippen molar-refractivity contribution >= 4 is 16.9 Å². The second-order valence-electron chi connectivity index (χ2n) is 4.35. The molecule has 0 unspecified atom stereocenters. The van der Waals surface area contributed by atoms with Crippen molar-refractivity contribution in [2.45, 2.75) is 18.3 Å². The number of nitrogens with two attached hydrogens (primary N) is 1. The van der Waals surface area contributed by atoms with Crippen LogP contribution in [-0.4, -0.2) is 42.5 Å². The third kappa shape index (κ3) is 1.75. The molecule has 0 bridgehead atoms. The highest BCUT2D eigenvalue weighted by Crippen LogP contribution is 2.36. The first-order valence-electron chi connectivity index (χ1n) is 5.70. The summed E-state index contributed by atoms with van der Waals surface area (Å²) in [5, 5.41) is 28.1. The molecule has 1 aliphatic rings. The lowest BCUT2D eigenvalue weighted by Gasteiger charge is -2.10. The minimum atomic E-state index is -1.69. The van der Waals surface area contributed by atoms with E-state index in [-0.39, 0.29) is 5.82 Å². The van der Waals surface area contributed by atoms with Gasteiger partial charge in [0, 0.05) is 6.20 Å². The first kappa shape index (κ1) is 12.6. The zero-order valence-corrected chi connectivity index (χ0v) is 9.99. The largest absolute Gasteiger partial charge is 0.484 e. The van der Waals surface area contributed by atoms with Gasteiger partial charge in [-0.3, -0.25) is 0 Å². The van der Waals surface area contributed by atoms with Crippen LogP contribution in [0.25, 0.3) is 11.2 Å². The smallest absolute Gasteiger partial charge is 0.311 e. The van der Waals surface area contributed by atoms with E-state index in [9.17, 15) is 14.6 Å². The molecule has 0 spiro atoms. The zero-order valence-electron chi connectivity index (χ0n) is 9.99. The van der Waals surface area contributed by atoms with Gasteiger partial charge in [-0.25, -0.2) is 9.97 Å².